The molecule has 0 fully saturated rings. The monoisotopic (exact) mass is 274 g/mol. The smallest absolute Gasteiger partial charge is 0.324 e. The minimum absolute atomic E-state index is 0.000545. The number of benzene rings is 1. The van der Waals surface area contributed by atoms with E-state index in [2.05, 4.69) is 20.3 Å². The Balaban J connectivity index is 2.16. The molecule has 0 saturated carbocycles. The number of rotatable bonds is 2. The van der Waals surface area contributed by atoms with Gasteiger partial charge in [-0.3, -0.25) is 0 Å². The third kappa shape index (κ3) is 3.07. The van der Waals surface area contributed by atoms with Gasteiger partial charge in [-0.2, -0.15) is 18.2 Å². The predicted octanol–water partition coefficient (Wildman–Crippen LogP) is 3.29. The molecule has 0 spiro atoms. The van der Waals surface area contributed by atoms with Crippen molar-refractivity contribution in [3.05, 3.63) is 41.4 Å². The number of nitrogens with zero attached hydrogens (tertiary/aromatic N) is 3. The third-order valence-corrected chi connectivity index (χ3v) is 2.19. The average Bonchev–Trinajstić information content (AvgIpc) is 2.28. The van der Waals surface area contributed by atoms with Gasteiger partial charge in [0.2, 0.25) is 11.2 Å². The number of halogens is 4. The highest BCUT2D eigenvalue weighted by Crippen LogP contribution is 2.30. The van der Waals surface area contributed by atoms with E-state index in [-0.39, 0.29) is 11.2 Å². The Hall–Kier alpha value is -1.89. The fraction of sp³-hybridized carbons (Fsp3) is 0.100. The molecular formula is C10H6ClF3N4. The van der Waals surface area contributed by atoms with Crippen molar-refractivity contribution >= 4 is 23.2 Å². The van der Waals surface area contributed by atoms with Crippen molar-refractivity contribution < 1.29 is 13.2 Å². The first-order chi connectivity index (χ1) is 8.45. The lowest BCUT2D eigenvalue weighted by molar-refractivity contribution is -0.137. The quantitative estimate of drug-likeness (QED) is 0.913. The fourth-order valence-corrected chi connectivity index (χ4v) is 1.33. The second-order valence-electron chi connectivity index (χ2n) is 3.28. The van der Waals surface area contributed by atoms with E-state index in [4.69, 9.17) is 11.6 Å². The van der Waals surface area contributed by atoms with Crippen LogP contribution in [0.5, 0.6) is 0 Å². The van der Waals surface area contributed by atoms with Crippen LogP contribution < -0.4 is 5.32 Å². The van der Waals surface area contributed by atoms with Gasteiger partial charge in [0, 0.05) is 5.69 Å². The molecule has 2 aromatic rings. The Kier molecular flexibility index (Phi) is 3.33. The molecule has 0 aliphatic heterocycles. The molecule has 0 atom stereocenters. The second kappa shape index (κ2) is 4.77. The van der Waals surface area contributed by atoms with E-state index in [0.717, 1.165) is 12.1 Å². The zero-order valence-corrected chi connectivity index (χ0v) is 9.50. The van der Waals surface area contributed by atoms with Crippen LogP contribution in [0.2, 0.25) is 5.28 Å². The van der Waals surface area contributed by atoms with Gasteiger partial charge in [0.25, 0.3) is 0 Å². The van der Waals surface area contributed by atoms with Gasteiger partial charge in [-0.25, -0.2) is 9.97 Å². The fourth-order valence-electron chi connectivity index (χ4n) is 1.21. The third-order valence-electron chi connectivity index (χ3n) is 2.01. The molecule has 4 nitrogen and oxygen atoms in total. The Morgan fingerprint density at radius 1 is 1.06 bits per heavy atom. The highest BCUT2D eigenvalue weighted by Gasteiger charge is 2.29. The van der Waals surface area contributed by atoms with E-state index in [1.165, 1.54) is 18.5 Å². The number of hydrogen-bond acceptors (Lipinski definition) is 4. The van der Waals surface area contributed by atoms with Crippen molar-refractivity contribution in [2.45, 2.75) is 6.18 Å². The molecule has 8 heteroatoms. The second-order valence-corrected chi connectivity index (χ2v) is 3.62. The van der Waals surface area contributed by atoms with Gasteiger partial charge in [-0.1, -0.05) is 0 Å². The Labute approximate surface area is 105 Å². The van der Waals surface area contributed by atoms with Crippen molar-refractivity contribution in [1.29, 1.82) is 0 Å². The topological polar surface area (TPSA) is 50.7 Å². The van der Waals surface area contributed by atoms with E-state index in [9.17, 15) is 13.2 Å². The lowest BCUT2D eigenvalue weighted by atomic mass is 10.2. The average molecular weight is 275 g/mol. The van der Waals surface area contributed by atoms with Crippen LogP contribution in [0, 0.1) is 0 Å². The van der Waals surface area contributed by atoms with E-state index in [1.807, 2.05) is 0 Å². The van der Waals surface area contributed by atoms with E-state index in [0.29, 0.717) is 5.69 Å². The van der Waals surface area contributed by atoms with Crippen LogP contribution in [0.4, 0.5) is 24.8 Å². The minimum atomic E-state index is -4.35. The zero-order chi connectivity index (χ0) is 13.2. The van der Waals surface area contributed by atoms with Gasteiger partial charge < -0.3 is 5.32 Å². The van der Waals surface area contributed by atoms with Gasteiger partial charge >= 0.3 is 6.18 Å². The summed E-state index contributed by atoms with van der Waals surface area (Å²) in [6.07, 6.45) is -3.16. The van der Waals surface area contributed by atoms with Gasteiger partial charge in [0.1, 0.15) is 6.33 Å². The Morgan fingerprint density at radius 3 is 2.28 bits per heavy atom. The Morgan fingerprint density at radius 2 is 1.72 bits per heavy atom. The first kappa shape index (κ1) is 12.6. The van der Waals surface area contributed by atoms with E-state index < -0.39 is 11.7 Å². The summed E-state index contributed by atoms with van der Waals surface area (Å²) in [6, 6.07) is 4.48. The van der Waals surface area contributed by atoms with Crippen LogP contribution in [0.15, 0.2) is 30.6 Å². The SMILES string of the molecule is FC(F)(F)c1ccc(Nc2ncnc(Cl)n2)cc1. The molecule has 0 aliphatic carbocycles. The molecule has 0 radical (unpaired) electrons. The van der Waals surface area contributed by atoms with Crippen LogP contribution in [0.25, 0.3) is 0 Å². The molecule has 0 saturated heterocycles. The largest absolute Gasteiger partial charge is 0.416 e. The molecule has 1 heterocycles. The highest BCUT2D eigenvalue weighted by atomic mass is 35.5. The number of anilines is 2. The summed E-state index contributed by atoms with van der Waals surface area (Å²) in [5.74, 6) is 0.162. The van der Waals surface area contributed by atoms with Crippen molar-refractivity contribution in [1.82, 2.24) is 15.0 Å². The molecule has 0 amide bonds. The zero-order valence-electron chi connectivity index (χ0n) is 8.74. The summed E-state index contributed by atoms with van der Waals surface area (Å²) in [6.45, 7) is 0. The maximum absolute atomic E-state index is 12.3. The molecule has 1 aromatic heterocycles. The number of nitrogens with one attached hydrogen (secondary N) is 1. The summed E-state index contributed by atoms with van der Waals surface area (Å²) < 4.78 is 37.0. The van der Waals surface area contributed by atoms with Crippen LogP contribution in [0.1, 0.15) is 5.56 Å². The summed E-state index contributed by atoms with van der Waals surface area (Å²) in [5, 5.41) is 2.71. The maximum Gasteiger partial charge on any atom is 0.416 e. The van der Waals surface area contributed by atoms with Crippen LogP contribution in [0.3, 0.4) is 0 Å². The first-order valence-corrected chi connectivity index (χ1v) is 5.12. The summed E-state index contributed by atoms with van der Waals surface area (Å²) >= 11 is 5.55. The number of alkyl halides is 3. The van der Waals surface area contributed by atoms with Gasteiger partial charge in [0.05, 0.1) is 5.56 Å². The van der Waals surface area contributed by atoms with Crippen molar-refractivity contribution in [3.8, 4) is 0 Å². The van der Waals surface area contributed by atoms with Crippen molar-refractivity contribution in [2.75, 3.05) is 5.32 Å². The van der Waals surface area contributed by atoms with Gasteiger partial charge in [-0.15, -0.1) is 0 Å². The van der Waals surface area contributed by atoms with Crippen LogP contribution >= 0.6 is 11.6 Å². The number of hydrogen-bond donors (Lipinski definition) is 1. The molecular weight excluding hydrogens is 269 g/mol. The van der Waals surface area contributed by atoms with E-state index in [1.54, 1.807) is 0 Å². The standard InChI is InChI=1S/C10H6ClF3N4/c11-8-15-5-16-9(18-8)17-7-3-1-6(2-4-7)10(12,13)14/h1-5H,(H,15,16,17,18). The summed E-state index contributed by atoms with van der Waals surface area (Å²) in [4.78, 5) is 11.1. The molecule has 0 bridgehead atoms. The van der Waals surface area contributed by atoms with Crippen LogP contribution in [-0.2, 0) is 6.18 Å². The lowest BCUT2D eigenvalue weighted by Crippen LogP contribution is -2.04. The predicted molar refractivity (Wildman–Crippen MR) is 59.6 cm³/mol. The molecule has 0 unspecified atom stereocenters. The highest BCUT2D eigenvalue weighted by molar-refractivity contribution is 6.28. The summed E-state index contributed by atoms with van der Waals surface area (Å²) in [5.41, 5.74) is -0.299. The maximum atomic E-state index is 12.3. The first-order valence-electron chi connectivity index (χ1n) is 4.74. The van der Waals surface area contributed by atoms with Gasteiger partial charge in [-0.05, 0) is 35.9 Å². The van der Waals surface area contributed by atoms with E-state index >= 15 is 0 Å². The van der Waals surface area contributed by atoms with Crippen LogP contribution in [-0.4, -0.2) is 15.0 Å². The molecule has 18 heavy (non-hydrogen) atoms. The lowest BCUT2D eigenvalue weighted by Gasteiger charge is -2.08. The van der Waals surface area contributed by atoms with Crippen molar-refractivity contribution in [2.24, 2.45) is 0 Å². The normalized spacial score (nSPS) is 11.3. The van der Waals surface area contributed by atoms with Crippen molar-refractivity contribution in [3.63, 3.8) is 0 Å². The summed E-state index contributed by atoms with van der Waals surface area (Å²) in [7, 11) is 0. The number of aromatic nitrogens is 3. The Bertz CT molecular complexity index is 542. The minimum Gasteiger partial charge on any atom is -0.324 e. The molecule has 0 aliphatic rings. The molecule has 1 aromatic carbocycles. The molecule has 2 rings (SSSR count). The molecule has 94 valence electrons. The molecule has 1 N–H and O–H groups in total. The van der Waals surface area contributed by atoms with Gasteiger partial charge in [0.15, 0.2) is 0 Å².